The molecule has 2 N–H and O–H groups in total. The molecule has 1 aliphatic heterocycles. The highest BCUT2D eigenvalue weighted by Gasteiger charge is 2.20. The minimum absolute atomic E-state index is 0.0142. The van der Waals surface area contributed by atoms with Gasteiger partial charge in [-0.15, -0.1) is 0 Å². The van der Waals surface area contributed by atoms with Gasteiger partial charge in [0.05, 0.1) is 12.0 Å². The van der Waals surface area contributed by atoms with Crippen molar-refractivity contribution in [1.29, 1.82) is 0 Å². The maximum absolute atomic E-state index is 12.0. The van der Waals surface area contributed by atoms with Crippen molar-refractivity contribution in [1.82, 2.24) is 10.2 Å². The second kappa shape index (κ2) is 7.92. The molecular weight excluding hydrogens is 284 g/mol. The molecule has 5 heteroatoms. The van der Waals surface area contributed by atoms with Crippen molar-refractivity contribution in [2.75, 3.05) is 26.2 Å². The minimum atomic E-state index is -0.489. The van der Waals surface area contributed by atoms with Gasteiger partial charge >= 0.3 is 0 Å². The fourth-order valence-corrected chi connectivity index (χ4v) is 3.41. The number of nitrogens with one attached hydrogen (secondary N) is 1. The highest BCUT2D eigenvalue weighted by atomic mass is 32.1. The van der Waals surface area contributed by atoms with Crippen LogP contribution in [0.3, 0.4) is 0 Å². The lowest BCUT2D eigenvalue weighted by atomic mass is 9.99. The molecule has 2 rings (SSSR count). The number of piperidine rings is 1. The summed E-state index contributed by atoms with van der Waals surface area (Å²) in [5.74, 6) is 0.628. The Hall–Kier alpha value is -0.910. The van der Waals surface area contributed by atoms with E-state index in [2.05, 4.69) is 17.1 Å². The number of thiophene rings is 1. The Bertz CT molecular complexity index is 427. The van der Waals surface area contributed by atoms with E-state index in [4.69, 9.17) is 0 Å². The van der Waals surface area contributed by atoms with E-state index >= 15 is 0 Å². The second-order valence-corrected chi connectivity index (χ2v) is 6.94. The normalized spacial score (nSPS) is 20.1. The monoisotopic (exact) mass is 310 g/mol. The molecule has 2 atom stereocenters. The van der Waals surface area contributed by atoms with Crippen LogP contribution in [0.1, 0.15) is 38.2 Å². The van der Waals surface area contributed by atoms with E-state index in [0.29, 0.717) is 13.1 Å². The van der Waals surface area contributed by atoms with Crippen LogP contribution in [0.2, 0.25) is 0 Å². The number of amides is 1. The topological polar surface area (TPSA) is 52.6 Å². The lowest BCUT2D eigenvalue weighted by Gasteiger charge is -2.31. The van der Waals surface area contributed by atoms with E-state index in [1.165, 1.54) is 12.8 Å². The van der Waals surface area contributed by atoms with Crippen LogP contribution in [0.4, 0.5) is 0 Å². The third-order valence-electron chi connectivity index (χ3n) is 4.29. The first-order valence-electron chi connectivity index (χ1n) is 7.76. The van der Waals surface area contributed by atoms with Crippen molar-refractivity contribution < 1.29 is 9.90 Å². The Labute approximate surface area is 131 Å². The Morgan fingerprint density at radius 3 is 2.86 bits per heavy atom. The van der Waals surface area contributed by atoms with Gasteiger partial charge in [-0.3, -0.25) is 4.79 Å². The Kier molecular flexibility index (Phi) is 6.21. The van der Waals surface area contributed by atoms with E-state index in [1.54, 1.807) is 11.3 Å². The molecule has 118 valence electrons. The first-order valence-corrected chi connectivity index (χ1v) is 8.70. The predicted molar refractivity (Wildman–Crippen MR) is 86.6 cm³/mol. The second-order valence-electron chi connectivity index (χ2n) is 6.16. The van der Waals surface area contributed by atoms with Crippen LogP contribution in [0, 0.1) is 5.92 Å². The first kappa shape index (κ1) is 16.5. The molecule has 0 aliphatic carbocycles. The minimum Gasteiger partial charge on any atom is -0.390 e. The average Bonchev–Trinajstić information content (AvgIpc) is 3.00. The van der Waals surface area contributed by atoms with Gasteiger partial charge in [0.2, 0.25) is 5.91 Å². The van der Waals surface area contributed by atoms with Crippen molar-refractivity contribution in [3.63, 3.8) is 0 Å². The number of carbonyl (C=O) groups is 1. The molecule has 0 saturated carbocycles. The molecule has 0 radical (unpaired) electrons. The summed E-state index contributed by atoms with van der Waals surface area (Å²) in [5, 5.41) is 16.9. The lowest BCUT2D eigenvalue weighted by molar-refractivity contribution is -0.122. The molecule has 1 aliphatic rings. The predicted octanol–water partition coefficient (Wildman–Crippen LogP) is 2.06. The van der Waals surface area contributed by atoms with E-state index in [0.717, 1.165) is 24.6 Å². The standard InChI is InChI=1S/C16H26N2O2S/c1-12-3-6-18(7-4-12)10-15(19)9-17-16(20)13(2)14-5-8-21-11-14/h5,8,11-13,15,19H,3-4,6-7,9-10H2,1-2H3,(H,17,20). The molecule has 1 amide bonds. The summed E-state index contributed by atoms with van der Waals surface area (Å²) in [5.41, 5.74) is 1.04. The number of hydrogen-bond donors (Lipinski definition) is 2. The molecule has 1 aromatic heterocycles. The number of nitrogens with zero attached hydrogens (tertiary/aromatic N) is 1. The number of rotatable bonds is 6. The molecule has 4 nitrogen and oxygen atoms in total. The Morgan fingerprint density at radius 2 is 2.24 bits per heavy atom. The van der Waals surface area contributed by atoms with Crippen molar-refractivity contribution >= 4 is 17.2 Å². The number of aliphatic hydroxyl groups excluding tert-OH is 1. The highest BCUT2D eigenvalue weighted by Crippen LogP contribution is 2.18. The molecule has 2 heterocycles. The van der Waals surface area contributed by atoms with Gasteiger partial charge in [0, 0.05) is 13.1 Å². The Balaban J connectivity index is 1.68. The van der Waals surface area contributed by atoms with Crippen molar-refractivity contribution in [2.45, 2.75) is 38.7 Å². The Morgan fingerprint density at radius 1 is 1.52 bits per heavy atom. The van der Waals surface area contributed by atoms with Crippen LogP contribution in [0.25, 0.3) is 0 Å². The third-order valence-corrected chi connectivity index (χ3v) is 5.00. The van der Waals surface area contributed by atoms with Crippen molar-refractivity contribution in [2.24, 2.45) is 5.92 Å². The number of carbonyl (C=O) groups excluding carboxylic acids is 1. The number of β-amino-alcohol motifs (C(OH)–C–C–N with tert-alkyl or cyclic N) is 1. The average molecular weight is 310 g/mol. The summed E-state index contributed by atoms with van der Waals surface area (Å²) < 4.78 is 0. The molecule has 1 saturated heterocycles. The van der Waals surface area contributed by atoms with Crippen LogP contribution in [0.15, 0.2) is 16.8 Å². The molecular formula is C16H26N2O2S. The SMILES string of the molecule is CC1CCN(CC(O)CNC(=O)C(C)c2ccsc2)CC1. The summed E-state index contributed by atoms with van der Waals surface area (Å²) in [6.07, 6.45) is 1.92. The molecule has 1 fully saturated rings. The van der Waals surface area contributed by atoms with Gasteiger partial charge in [-0.2, -0.15) is 11.3 Å². The summed E-state index contributed by atoms with van der Waals surface area (Å²) in [6.45, 7) is 7.27. The summed E-state index contributed by atoms with van der Waals surface area (Å²) in [4.78, 5) is 14.3. The zero-order chi connectivity index (χ0) is 15.2. The lowest BCUT2D eigenvalue weighted by Crippen LogP contribution is -2.43. The summed E-state index contributed by atoms with van der Waals surface area (Å²) >= 11 is 1.60. The van der Waals surface area contributed by atoms with Gasteiger partial charge in [0.1, 0.15) is 0 Å². The van der Waals surface area contributed by atoms with E-state index < -0.39 is 6.10 Å². The van der Waals surface area contributed by atoms with Gasteiger partial charge in [-0.1, -0.05) is 6.92 Å². The van der Waals surface area contributed by atoms with Gasteiger partial charge in [-0.25, -0.2) is 0 Å². The molecule has 21 heavy (non-hydrogen) atoms. The molecule has 0 bridgehead atoms. The van der Waals surface area contributed by atoms with E-state index in [1.807, 2.05) is 23.8 Å². The largest absolute Gasteiger partial charge is 0.390 e. The van der Waals surface area contributed by atoms with Crippen molar-refractivity contribution in [3.05, 3.63) is 22.4 Å². The van der Waals surface area contributed by atoms with Crippen LogP contribution >= 0.6 is 11.3 Å². The first-order chi connectivity index (χ1) is 10.1. The van der Waals surface area contributed by atoms with Crippen LogP contribution in [-0.4, -0.2) is 48.2 Å². The fraction of sp³-hybridized carbons (Fsp3) is 0.688. The van der Waals surface area contributed by atoms with E-state index in [9.17, 15) is 9.90 Å². The van der Waals surface area contributed by atoms with Gasteiger partial charge in [0.15, 0.2) is 0 Å². The molecule has 0 spiro atoms. The summed E-state index contributed by atoms with van der Waals surface area (Å²) in [6, 6.07) is 1.97. The number of hydrogen-bond acceptors (Lipinski definition) is 4. The van der Waals surface area contributed by atoms with Crippen LogP contribution < -0.4 is 5.32 Å². The van der Waals surface area contributed by atoms with Crippen LogP contribution in [0.5, 0.6) is 0 Å². The molecule has 2 unspecified atom stereocenters. The zero-order valence-electron chi connectivity index (χ0n) is 12.9. The number of aliphatic hydroxyl groups is 1. The number of likely N-dealkylation sites (tertiary alicyclic amines) is 1. The van der Waals surface area contributed by atoms with Crippen LogP contribution in [-0.2, 0) is 4.79 Å². The quantitative estimate of drug-likeness (QED) is 0.845. The summed E-state index contributed by atoms with van der Waals surface area (Å²) in [7, 11) is 0. The molecule has 0 aromatic carbocycles. The highest BCUT2D eigenvalue weighted by molar-refractivity contribution is 7.08. The fourth-order valence-electron chi connectivity index (χ4n) is 2.65. The maximum Gasteiger partial charge on any atom is 0.227 e. The van der Waals surface area contributed by atoms with Crippen molar-refractivity contribution in [3.8, 4) is 0 Å². The third kappa shape index (κ3) is 5.09. The molecule has 1 aromatic rings. The zero-order valence-corrected chi connectivity index (χ0v) is 13.7. The van der Waals surface area contributed by atoms with Gasteiger partial charge < -0.3 is 15.3 Å². The van der Waals surface area contributed by atoms with Gasteiger partial charge in [0.25, 0.3) is 0 Å². The van der Waals surface area contributed by atoms with E-state index in [-0.39, 0.29) is 11.8 Å². The maximum atomic E-state index is 12.0. The smallest absolute Gasteiger partial charge is 0.227 e. The van der Waals surface area contributed by atoms with Gasteiger partial charge in [-0.05, 0) is 61.2 Å².